The summed E-state index contributed by atoms with van der Waals surface area (Å²) in [4.78, 5) is 0. The molecule has 15 heavy (non-hydrogen) atoms. The first kappa shape index (κ1) is 12.5. The number of hydrogen-bond donors (Lipinski definition) is 1. The van der Waals surface area contributed by atoms with Crippen molar-refractivity contribution < 1.29 is 0 Å². The molecule has 1 nitrogen and oxygen atoms in total. The van der Waals surface area contributed by atoms with Gasteiger partial charge >= 0.3 is 0 Å². The van der Waals surface area contributed by atoms with Crippen LogP contribution in [-0.4, -0.2) is 6.04 Å². The molecular weight excluding hydrogens is 206 g/mol. The molecule has 1 rings (SSSR count). The van der Waals surface area contributed by atoms with E-state index in [1.54, 1.807) is 0 Å². The first-order valence-electron chi connectivity index (χ1n) is 5.62. The van der Waals surface area contributed by atoms with Crippen LogP contribution in [0.2, 0.25) is 5.02 Å². The number of hydrogen-bond acceptors (Lipinski definition) is 1. The Hall–Kier alpha value is -0.530. The predicted molar refractivity (Wildman–Crippen MR) is 67.2 cm³/mol. The summed E-state index contributed by atoms with van der Waals surface area (Å²) in [5.74, 6) is 0.701. The van der Waals surface area contributed by atoms with Crippen molar-refractivity contribution in [1.29, 1.82) is 0 Å². The minimum absolute atomic E-state index is 0.534. The molecule has 0 aliphatic carbocycles. The van der Waals surface area contributed by atoms with E-state index >= 15 is 0 Å². The third-order valence-electron chi connectivity index (χ3n) is 3.07. The Kier molecular flexibility index (Phi) is 5.13. The maximum absolute atomic E-state index is 6.08. The molecule has 0 fully saturated rings. The molecule has 0 radical (unpaired) electrons. The van der Waals surface area contributed by atoms with Crippen LogP contribution < -0.4 is 5.32 Å². The highest BCUT2D eigenvalue weighted by molar-refractivity contribution is 6.31. The van der Waals surface area contributed by atoms with Gasteiger partial charge in [0.25, 0.3) is 0 Å². The Balaban J connectivity index is 2.47. The Morgan fingerprint density at radius 1 is 1.27 bits per heavy atom. The molecule has 2 heteroatoms. The highest BCUT2D eigenvalue weighted by Gasteiger charge is 2.09. The lowest BCUT2D eigenvalue weighted by Crippen LogP contribution is -2.31. The van der Waals surface area contributed by atoms with Crippen molar-refractivity contribution in [3.63, 3.8) is 0 Å². The van der Waals surface area contributed by atoms with Crippen LogP contribution in [0.4, 0.5) is 0 Å². The zero-order valence-corrected chi connectivity index (χ0v) is 10.5. The first-order valence-corrected chi connectivity index (χ1v) is 5.99. The number of halogens is 1. The molecule has 1 N–H and O–H groups in total. The van der Waals surface area contributed by atoms with Crippen molar-refractivity contribution in [2.75, 3.05) is 0 Å². The summed E-state index contributed by atoms with van der Waals surface area (Å²) in [6, 6.07) is 8.53. The second-order valence-electron chi connectivity index (χ2n) is 4.15. The third kappa shape index (κ3) is 3.84. The average molecular weight is 226 g/mol. The topological polar surface area (TPSA) is 12.0 Å². The van der Waals surface area contributed by atoms with Gasteiger partial charge in [-0.3, -0.25) is 0 Å². The molecule has 0 spiro atoms. The van der Waals surface area contributed by atoms with Gasteiger partial charge in [0, 0.05) is 17.6 Å². The predicted octanol–water partition coefficient (Wildman–Crippen LogP) is 3.86. The van der Waals surface area contributed by atoms with Gasteiger partial charge in [0.2, 0.25) is 0 Å². The van der Waals surface area contributed by atoms with Crippen molar-refractivity contribution in [3.8, 4) is 0 Å². The molecule has 0 bridgehead atoms. The van der Waals surface area contributed by atoms with E-state index in [4.69, 9.17) is 11.6 Å². The number of benzene rings is 1. The first-order chi connectivity index (χ1) is 7.15. The van der Waals surface area contributed by atoms with Gasteiger partial charge in [-0.1, -0.05) is 50.1 Å². The molecule has 0 heterocycles. The zero-order valence-electron chi connectivity index (χ0n) is 9.76. The Morgan fingerprint density at radius 3 is 2.53 bits per heavy atom. The Labute approximate surface area is 97.8 Å². The van der Waals surface area contributed by atoms with Crippen LogP contribution in [0.15, 0.2) is 24.3 Å². The summed E-state index contributed by atoms with van der Waals surface area (Å²) in [5.41, 5.74) is 1.18. The molecule has 0 saturated carbocycles. The molecule has 84 valence electrons. The van der Waals surface area contributed by atoms with Crippen LogP contribution in [0, 0.1) is 5.92 Å². The van der Waals surface area contributed by atoms with Gasteiger partial charge in [-0.05, 0) is 24.5 Å². The van der Waals surface area contributed by atoms with Gasteiger partial charge in [0.1, 0.15) is 0 Å². The molecule has 1 aromatic carbocycles. The maximum atomic E-state index is 6.08. The number of rotatable bonds is 5. The lowest BCUT2D eigenvalue weighted by Gasteiger charge is -2.20. The van der Waals surface area contributed by atoms with E-state index in [-0.39, 0.29) is 0 Å². The van der Waals surface area contributed by atoms with Gasteiger partial charge < -0.3 is 5.32 Å². The van der Waals surface area contributed by atoms with Gasteiger partial charge in [0.15, 0.2) is 0 Å². The molecule has 1 aromatic rings. The Bertz CT molecular complexity index is 298. The van der Waals surface area contributed by atoms with E-state index < -0.39 is 0 Å². The summed E-state index contributed by atoms with van der Waals surface area (Å²) in [6.45, 7) is 7.57. The van der Waals surface area contributed by atoms with E-state index in [0.29, 0.717) is 12.0 Å². The molecular formula is C13H20ClN. The highest BCUT2D eigenvalue weighted by atomic mass is 35.5. The highest BCUT2D eigenvalue weighted by Crippen LogP contribution is 2.15. The monoisotopic (exact) mass is 225 g/mol. The van der Waals surface area contributed by atoms with Crippen LogP contribution in [0.1, 0.15) is 32.8 Å². The van der Waals surface area contributed by atoms with Gasteiger partial charge in [-0.25, -0.2) is 0 Å². The summed E-state index contributed by atoms with van der Waals surface area (Å²) in [5, 5.41) is 4.35. The smallest absolute Gasteiger partial charge is 0.0450 e. The van der Waals surface area contributed by atoms with E-state index in [0.717, 1.165) is 11.6 Å². The SMILES string of the molecule is CCC(C)C(C)NCc1ccccc1Cl. The molecule has 0 amide bonds. The normalized spacial score (nSPS) is 14.9. The fourth-order valence-electron chi connectivity index (χ4n) is 1.47. The zero-order chi connectivity index (χ0) is 11.3. The van der Waals surface area contributed by atoms with Crippen molar-refractivity contribution in [3.05, 3.63) is 34.9 Å². The maximum Gasteiger partial charge on any atom is 0.0450 e. The van der Waals surface area contributed by atoms with Crippen molar-refractivity contribution >= 4 is 11.6 Å². The summed E-state index contributed by atoms with van der Waals surface area (Å²) >= 11 is 6.08. The van der Waals surface area contributed by atoms with Crippen molar-refractivity contribution in [2.24, 2.45) is 5.92 Å². The van der Waals surface area contributed by atoms with Crippen LogP contribution in [-0.2, 0) is 6.54 Å². The minimum Gasteiger partial charge on any atom is -0.310 e. The molecule has 0 aliphatic heterocycles. The minimum atomic E-state index is 0.534. The Morgan fingerprint density at radius 2 is 1.93 bits per heavy atom. The summed E-state index contributed by atoms with van der Waals surface area (Å²) in [6.07, 6.45) is 1.21. The second kappa shape index (κ2) is 6.14. The summed E-state index contributed by atoms with van der Waals surface area (Å²) in [7, 11) is 0. The largest absolute Gasteiger partial charge is 0.310 e. The second-order valence-corrected chi connectivity index (χ2v) is 4.55. The van der Waals surface area contributed by atoms with Crippen LogP contribution in [0.25, 0.3) is 0 Å². The molecule has 0 saturated heterocycles. The molecule has 0 aliphatic rings. The van der Waals surface area contributed by atoms with Crippen molar-refractivity contribution in [1.82, 2.24) is 5.32 Å². The van der Waals surface area contributed by atoms with Gasteiger partial charge in [-0.2, -0.15) is 0 Å². The fourth-order valence-corrected chi connectivity index (χ4v) is 1.67. The third-order valence-corrected chi connectivity index (χ3v) is 3.44. The quantitative estimate of drug-likeness (QED) is 0.803. The van der Waals surface area contributed by atoms with Gasteiger partial charge in [-0.15, -0.1) is 0 Å². The lowest BCUT2D eigenvalue weighted by molar-refractivity contribution is 0.389. The van der Waals surface area contributed by atoms with E-state index in [2.05, 4.69) is 32.2 Å². The lowest BCUT2D eigenvalue weighted by atomic mass is 10.0. The number of nitrogens with one attached hydrogen (secondary N) is 1. The van der Waals surface area contributed by atoms with Crippen molar-refractivity contribution in [2.45, 2.75) is 39.8 Å². The fraction of sp³-hybridized carbons (Fsp3) is 0.538. The van der Waals surface area contributed by atoms with E-state index in [9.17, 15) is 0 Å². The standard InChI is InChI=1S/C13H20ClN/c1-4-10(2)11(3)15-9-12-7-5-6-8-13(12)14/h5-8,10-11,15H,4,9H2,1-3H3. The molecule has 2 atom stereocenters. The molecule has 2 unspecified atom stereocenters. The molecule has 0 aromatic heterocycles. The van der Waals surface area contributed by atoms with Crippen LogP contribution in [0.3, 0.4) is 0 Å². The van der Waals surface area contributed by atoms with E-state index in [1.165, 1.54) is 12.0 Å². The van der Waals surface area contributed by atoms with E-state index in [1.807, 2.05) is 18.2 Å². The van der Waals surface area contributed by atoms with Gasteiger partial charge in [0.05, 0.1) is 0 Å². The van der Waals surface area contributed by atoms with Crippen LogP contribution >= 0.6 is 11.6 Å². The average Bonchev–Trinajstić information content (AvgIpc) is 2.26. The van der Waals surface area contributed by atoms with Crippen LogP contribution in [0.5, 0.6) is 0 Å². The summed E-state index contributed by atoms with van der Waals surface area (Å²) < 4.78 is 0.